The molecule has 0 bridgehead atoms. The molecule has 0 aliphatic heterocycles. The summed E-state index contributed by atoms with van der Waals surface area (Å²) in [5.74, 6) is 0. The maximum Gasteiger partial charge on any atom is -0.0809 e. The van der Waals surface area contributed by atoms with Crippen molar-refractivity contribution in [3.63, 3.8) is 0 Å². The van der Waals surface area contributed by atoms with Crippen molar-refractivity contribution in [2.75, 3.05) is 0 Å². The number of benzene rings is 3. The summed E-state index contributed by atoms with van der Waals surface area (Å²) in [5.41, 5.74) is 3.99. The van der Waals surface area contributed by atoms with E-state index in [9.17, 15) is 0 Å². The summed E-state index contributed by atoms with van der Waals surface area (Å²) in [7, 11) is 0. The van der Waals surface area contributed by atoms with Gasteiger partial charge in [0.25, 0.3) is 0 Å². The van der Waals surface area contributed by atoms with Crippen molar-refractivity contribution in [3.05, 3.63) is 138 Å². The first-order valence-corrected chi connectivity index (χ1v) is 12.1. The summed E-state index contributed by atoms with van der Waals surface area (Å²) in [6.45, 7) is 2.22. The third-order valence-corrected chi connectivity index (χ3v) is 6.14. The summed E-state index contributed by atoms with van der Waals surface area (Å²) in [4.78, 5) is 0. The Morgan fingerprint density at radius 3 is 1.94 bits per heavy atom. The second-order valence-corrected chi connectivity index (χ2v) is 8.45. The van der Waals surface area contributed by atoms with Gasteiger partial charge < -0.3 is 24.8 Å². The second kappa shape index (κ2) is 17.4. The normalized spacial score (nSPS) is 11.1. The van der Waals surface area contributed by atoms with E-state index >= 15 is 0 Å². The number of rotatable bonds is 5. The molecule has 4 aromatic rings. The Labute approximate surface area is 228 Å². The van der Waals surface area contributed by atoms with Crippen LogP contribution in [0.15, 0.2) is 121 Å². The topological polar surface area (TPSA) is 0 Å². The molecule has 174 valence electrons. The molecule has 0 atom stereocenters. The third kappa shape index (κ3) is 10.0. The minimum atomic E-state index is 0. The van der Waals surface area contributed by atoms with Crippen LogP contribution in [0.5, 0.6) is 0 Å². The van der Waals surface area contributed by atoms with Crippen molar-refractivity contribution in [2.45, 2.75) is 32.6 Å². The summed E-state index contributed by atoms with van der Waals surface area (Å²) in [5, 5.41) is 2.66. The molecule has 0 heterocycles. The molecule has 4 aromatic carbocycles. The fourth-order valence-electron chi connectivity index (χ4n) is 3.44. The fraction of sp³-hybridized carbons (Fsp3) is 0.161. The first kappa shape index (κ1) is 29.9. The van der Waals surface area contributed by atoms with Gasteiger partial charge in [0.05, 0.1) is 0 Å². The number of unbranched alkanes of at least 4 members (excludes halogenated alkanes) is 1. The standard InChI is InChI=1S/C13H10.C9H7.C9H13.2ClH.Ti/c1-3-7-12(8-4-1)11-13-9-5-2-6-10-13;1-2-5-9-7-3-6-8(9)4-1;1-2-3-6-9-7-4-5-8-9;;;/h1-10H;1-7H;4,7H,2-3,5-6H2,1H3;2*1H;/q;2*-1;;;+2/p-2. The quantitative estimate of drug-likeness (QED) is 0.279. The number of halogens is 2. The summed E-state index contributed by atoms with van der Waals surface area (Å²) in [6, 6.07) is 35.6. The van der Waals surface area contributed by atoms with Gasteiger partial charge in [-0.1, -0.05) is 32.3 Å². The SMILES string of the molecule is CCCCC1=[C-]CC=C1.[Cl-].[Cl-].[Ti+2]=[C](c1ccccc1)c1ccccc1.c1ccc2[cH-]ccc2c1. The molecule has 0 unspecified atom stereocenters. The molecule has 3 heteroatoms. The van der Waals surface area contributed by atoms with E-state index in [0.717, 1.165) is 6.42 Å². The zero-order chi connectivity index (χ0) is 22.4. The molecule has 0 saturated carbocycles. The molecule has 5 rings (SSSR count). The van der Waals surface area contributed by atoms with Gasteiger partial charge in [-0.15, -0.1) is 36.1 Å². The number of hydrogen-bond acceptors (Lipinski definition) is 0. The molecule has 0 radical (unpaired) electrons. The average Bonchev–Trinajstić information content (AvgIpc) is 3.56. The van der Waals surface area contributed by atoms with Gasteiger partial charge in [0.2, 0.25) is 0 Å². The van der Waals surface area contributed by atoms with Crippen LogP contribution in [0.4, 0.5) is 0 Å². The Kier molecular flexibility index (Phi) is 15.3. The van der Waals surface area contributed by atoms with Crippen molar-refractivity contribution in [3.8, 4) is 0 Å². The van der Waals surface area contributed by atoms with Crippen molar-refractivity contribution < 1.29 is 44.8 Å². The molecule has 0 fully saturated rings. The van der Waals surface area contributed by atoms with Gasteiger partial charge in [-0.2, -0.15) is 23.6 Å². The second-order valence-electron chi connectivity index (χ2n) is 7.67. The Hall–Kier alpha value is -2.09. The molecular weight excluding hydrogens is 491 g/mol. The van der Waals surface area contributed by atoms with Crippen LogP contribution in [-0.2, 0) is 20.0 Å². The van der Waals surface area contributed by atoms with Crippen LogP contribution in [0.3, 0.4) is 0 Å². The summed E-state index contributed by atoms with van der Waals surface area (Å²) < 4.78 is 1.33. The number of hydrogen-bond donors (Lipinski definition) is 0. The fourth-order valence-corrected chi connectivity index (χ4v) is 3.96. The first-order chi connectivity index (χ1) is 15.8. The predicted octanol–water partition coefficient (Wildman–Crippen LogP) is 2.23. The molecule has 1 aliphatic carbocycles. The van der Waals surface area contributed by atoms with Crippen LogP contribution in [-0.4, -0.2) is 3.81 Å². The van der Waals surface area contributed by atoms with Crippen molar-refractivity contribution in [1.29, 1.82) is 0 Å². The van der Waals surface area contributed by atoms with Crippen LogP contribution in [0.1, 0.15) is 43.7 Å². The van der Waals surface area contributed by atoms with E-state index in [1.165, 1.54) is 50.5 Å². The first-order valence-electron chi connectivity index (χ1n) is 11.3. The van der Waals surface area contributed by atoms with Crippen molar-refractivity contribution in [1.82, 2.24) is 0 Å². The van der Waals surface area contributed by atoms with E-state index in [4.69, 9.17) is 0 Å². The molecule has 0 saturated heterocycles. The van der Waals surface area contributed by atoms with Crippen molar-refractivity contribution >= 4 is 14.6 Å². The van der Waals surface area contributed by atoms with E-state index in [0.29, 0.717) is 0 Å². The third-order valence-electron chi connectivity index (χ3n) is 5.24. The number of fused-ring (bicyclic) bond motifs is 1. The van der Waals surface area contributed by atoms with Crippen molar-refractivity contribution in [2.24, 2.45) is 0 Å². The van der Waals surface area contributed by atoms with E-state index < -0.39 is 0 Å². The van der Waals surface area contributed by atoms with E-state index in [1.54, 1.807) is 0 Å². The monoisotopic (exact) mass is 520 g/mol. The van der Waals surface area contributed by atoms with E-state index in [-0.39, 0.29) is 24.8 Å². The molecule has 0 amide bonds. The smallest absolute Gasteiger partial charge is 0.0809 e. The van der Waals surface area contributed by atoms with Gasteiger partial charge >= 0.3 is 95.6 Å². The Bertz CT molecular complexity index is 1070. The maximum atomic E-state index is 3.30. The molecule has 0 aromatic heterocycles. The summed E-state index contributed by atoms with van der Waals surface area (Å²) in [6.07, 6.45) is 12.5. The Morgan fingerprint density at radius 2 is 1.41 bits per heavy atom. The number of allylic oxidation sites excluding steroid dienone is 4. The van der Waals surface area contributed by atoms with Gasteiger partial charge in [0.15, 0.2) is 0 Å². The minimum absolute atomic E-state index is 0. The average molecular weight is 521 g/mol. The van der Waals surface area contributed by atoms with Crippen LogP contribution in [0.2, 0.25) is 0 Å². The molecule has 1 aliphatic rings. The van der Waals surface area contributed by atoms with Crippen LogP contribution < -0.4 is 24.8 Å². The van der Waals surface area contributed by atoms with E-state index in [1.807, 2.05) is 12.1 Å². The summed E-state index contributed by atoms with van der Waals surface area (Å²) >= 11 is 2.16. The van der Waals surface area contributed by atoms with E-state index in [2.05, 4.69) is 136 Å². The van der Waals surface area contributed by atoms with Gasteiger partial charge in [0.1, 0.15) is 0 Å². The Morgan fingerprint density at radius 1 is 0.824 bits per heavy atom. The largest absolute Gasteiger partial charge is 0.168 e. The molecule has 0 N–H and O–H groups in total. The van der Waals surface area contributed by atoms with Gasteiger partial charge in [-0.3, -0.25) is 6.08 Å². The minimum Gasteiger partial charge on any atom is -0.168 e. The zero-order valence-corrected chi connectivity index (χ0v) is 22.6. The van der Waals surface area contributed by atoms with Crippen LogP contribution >= 0.6 is 0 Å². The van der Waals surface area contributed by atoms with Crippen LogP contribution in [0, 0.1) is 6.08 Å². The molecule has 0 spiro atoms. The van der Waals surface area contributed by atoms with Crippen LogP contribution in [0.25, 0.3) is 10.8 Å². The van der Waals surface area contributed by atoms with Gasteiger partial charge in [-0.25, -0.2) is 11.6 Å². The van der Waals surface area contributed by atoms with Gasteiger partial charge in [-0.05, 0) is 0 Å². The molecular formula is C31H30Cl2Ti-2. The molecule has 34 heavy (non-hydrogen) atoms. The van der Waals surface area contributed by atoms with Gasteiger partial charge in [0, 0.05) is 0 Å². The molecule has 0 nitrogen and oxygen atoms in total. The Balaban J connectivity index is 0.000000257. The predicted molar refractivity (Wildman–Crippen MR) is 136 cm³/mol. The maximum absolute atomic E-state index is 3.30. The zero-order valence-electron chi connectivity index (χ0n) is 19.6.